The summed E-state index contributed by atoms with van der Waals surface area (Å²) in [5.74, 6) is -1.26. The smallest absolute Gasteiger partial charge is 0.253 e. The van der Waals surface area contributed by atoms with Crippen molar-refractivity contribution in [1.29, 1.82) is 0 Å². The molecule has 6 rings (SSSR count). The van der Waals surface area contributed by atoms with E-state index in [1.54, 1.807) is 29.0 Å². The summed E-state index contributed by atoms with van der Waals surface area (Å²) in [6.07, 6.45) is 2.34. The van der Waals surface area contributed by atoms with Gasteiger partial charge in [0.2, 0.25) is 0 Å². The summed E-state index contributed by atoms with van der Waals surface area (Å²) in [6.45, 7) is 8.18. The van der Waals surface area contributed by atoms with Gasteiger partial charge in [-0.3, -0.25) is 9.59 Å². The third kappa shape index (κ3) is 8.03. The Hall–Kier alpha value is -3.58. The van der Waals surface area contributed by atoms with E-state index in [1.807, 2.05) is 18.7 Å². The Labute approximate surface area is 267 Å². The quantitative estimate of drug-likeness (QED) is 0.382. The maximum atomic E-state index is 14.0. The number of amides is 1. The number of nitrogens with zero attached hydrogens (tertiary/aromatic N) is 3. The third-order valence-corrected chi connectivity index (χ3v) is 8.99. The van der Waals surface area contributed by atoms with Gasteiger partial charge in [0.05, 0.1) is 36.3 Å². The van der Waals surface area contributed by atoms with E-state index in [2.05, 4.69) is 5.32 Å². The minimum atomic E-state index is -0.708. The molecule has 1 aromatic heterocycles. The number of fused-ring (bicyclic) bond motifs is 1. The predicted molar refractivity (Wildman–Crippen MR) is 173 cm³/mol. The first-order valence-corrected chi connectivity index (χ1v) is 16.0. The van der Waals surface area contributed by atoms with E-state index in [-0.39, 0.29) is 28.9 Å². The van der Waals surface area contributed by atoms with Crippen LogP contribution in [0.1, 0.15) is 61.5 Å². The third-order valence-electron chi connectivity index (χ3n) is 8.99. The number of hydrogen-bond donors (Lipinski definition) is 3. The lowest BCUT2D eigenvalue weighted by atomic mass is 9.98. The summed E-state index contributed by atoms with van der Waals surface area (Å²) in [6, 6.07) is 7.43. The van der Waals surface area contributed by atoms with E-state index in [0.29, 0.717) is 73.9 Å². The molecule has 3 saturated heterocycles. The van der Waals surface area contributed by atoms with Crippen LogP contribution in [0.4, 0.5) is 20.4 Å². The number of carbonyl (C=O) groups is 1. The molecule has 3 aliphatic rings. The SMILES string of the molecule is CC(c1cc(C(=O)N2CCC(O)CC2)cc2c(=O)cc(N3CCO[C@H](C)C3)oc12)N(C)c1cc(F)cc(F)c1.OC1CCNCC1. The summed E-state index contributed by atoms with van der Waals surface area (Å²) in [7, 11) is 1.69. The topological polar surface area (TPSA) is 119 Å². The van der Waals surface area contributed by atoms with Crippen LogP contribution in [0, 0.1) is 11.6 Å². The van der Waals surface area contributed by atoms with Crippen molar-refractivity contribution in [1.82, 2.24) is 10.2 Å². The lowest BCUT2D eigenvalue weighted by Gasteiger charge is -2.32. The van der Waals surface area contributed by atoms with E-state index in [4.69, 9.17) is 14.3 Å². The molecule has 2 atom stereocenters. The first-order chi connectivity index (χ1) is 22.0. The molecule has 3 aromatic rings. The average molecular weight is 643 g/mol. The molecular weight excluding hydrogens is 598 g/mol. The molecule has 2 aromatic carbocycles. The zero-order valence-electron chi connectivity index (χ0n) is 26.7. The van der Waals surface area contributed by atoms with E-state index >= 15 is 0 Å². The van der Waals surface area contributed by atoms with Crippen LogP contribution in [-0.2, 0) is 4.74 Å². The van der Waals surface area contributed by atoms with Crippen molar-refractivity contribution in [2.45, 2.75) is 63.9 Å². The summed E-state index contributed by atoms with van der Waals surface area (Å²) in [4.78, 5) is 32.2. The summed E-state index contributed by atoms with van der Waals surface area (Å²) >= 11 is 0. The molecular formula is C34H44F2N4O6. The molecule has 0 bridgehead atoms. The Morgan fingerprint density at radius 2 is 1.63 bits per heavy atom. The van der Waals surface area contributed by atoms with E-state index in [0.717, 1.165) is 32.0 Å². The average Bonchev–Trinajstić information content (AvgIpc) is 3.04. The second-order valence-electron chi connectivity index (χ2n) is 12.4. The van der Waals surface area contributed by atoms with Gasteiger partial charge in [-0.1, -0.05) is 0 Å². The number of ether oxygens (including phenoxy) is 1. The lowest BCUT2D eigenvalue weighted by molar-refractivity contribution is 0.0517. The van der Waals surface area contributed by atoms with Crippen LogP contribution in [-0.4, -0.2) is 92.3 Å². The summed E-state index contributed by atoms with van der Waals surface area (Å²) < 4.78 is 40.1. The zero-order valence-corrected chi connectivity index (χ0v) is 26.7. The van der Waals surface area contributed by atoms with Crippen LogP contribution in [0.3, 0.4) is 0 Å². The van der Waals surface area contributed by atoms with Gasteiger partial charge in [-0.2, -0.15) is 0 Å². The highest BCUT2D eigenvalue weighted by atomic mass is 19.1. The van der Waals surface area contributed by atoms with Crippen molar-refractivity contribution in [2.75, 3.05) is 62.7 Å². The number of aliphatic hydroxyl groups excluding tert-OH is 2. The molecule has 0 saturated carbocycles. The number of hydrogen-bond acceptors (Lipinski definition) is 9. The highest BCUT2D eigenvalue weighted by Crippen LogP contribution is 2.34. The first-order valence-electron chi connectivity index (χ1n) is 16.0. The van der Waals surface area contributed by atoms with Crippen molar-refractivity contribution in [3.63, 3.8) is 0 Å². The minimum Gasteiger partial charge on any atom is -0.440 e. The normalized spacial score (nSPS) is 20.3. The van der Waals surface area contributed by atoms with E-state index < -0.39 is 23.8 Å². The molecule has 0 aliphatic carbocycles. The Balaban J connectivity index is 0.000000527. The standard InChI is InChI=1S/C29H33F2N3O5.C5H11NO/c1-17-16-34(8-9-38-17)27-15-26(36)25-11-19(29(37)33-6-4-23(35)5-7-33)10-24(28(25)39-27)18(2)32(3)22-13-20(30)12-21(31)14-22;7-5-1-3-6-4-2-5/h10-15,17-18,23,35H,4-9,16H2,1-3H3;5-7H,1-4H2/t17-,18?;/m1./s1. The maximum Gasteiger partial charge on any atom is 0.253 e. The fourth-order valence-corrected chi connectivity index (χ4v) is 6.11. The zero-order chi connectivity index (χ0) is 33.0. The lowest BCUT2D eigenvalue weighted by Crippen LogP contribution is -2.41. The molecule has 10 nitrogen and oxygen atoms in total. The van der Waals surface area contributed by atoms with Crippen LogP contribution in [0.25, 0.3) is 11.0 Å². The van der Waals surface area contributed by atoms with Crippen molar-refractivity contribution in [3.8, 4) is 0 Å². The molecule has 3 fully saturated rings. The highest BCUT2D eigenvalue weighted by molar-refractivity contribution is 5.99. The fourth-order valence-electron chi connectivity index (χ4n) is 6.11. The van der Waals surface area contributed by atoms with Gasteiger partial charge in [-0.15, -0.1) is 0 Å². The molecule has 0 radical (unpaired) electrons. The van der Waals surface area contributed by atoms with Gasteiger partial charge in [0.25, 0.3) is 5.91 Å². The summed E-state index contributed by atoms with van der Waals surface area (Å²) in [5.41, 5.74) is 1.19. The maximum absolute atomic E-state index is 14.0. The molecule has 46 heavy (non-hydrogen) atoms. The Kier molecular flexibility index (Phi) is 10.9. The van der Waals surface area contributed by atoms with Crippen molar-refractivity contribution in [3.05, 3.63) is 69.4 Å². The number of anilines is 2. The molecule has 250 valence electrons. The predicted octanol–water partition coefficient (Wildman–Crippen LogP) is 3.82. The van der Waals surface area contributed by atoms with Crippen LogP contribution >= 0.6 is 0 Å². The number of halogens is 2. The molecule has 3 aliphatic heterocycles. The largest absolute Gasteiger partial charge is 0.440 e. The number of aliphatic hydroxyl groups is 2. The van der Waals surface area contributed by atoms with Gasteiger partial charge >= 0.3 is 0 Å². The van der Waals surface area contributed by atoms with E-state index in [9.17, 15) is 23.5 Å². The van der Waals surface area contributed by atoms with Gasteiger partial charge in [-0.05, 0) is 76.9 Å². The number of benzene rings is 2. The van der Waals surface area contributed by atoms with E-state index in [1.165, 1.54) is 18.2 Å². The van der Waals surface area contributed by atoms with Gasteiger partial charge in [0.1, 0.15) is 17.2 Å². The number of rotatable bonds is 5. The number of piperidine rings is 2. The monoisotopic (exact) mass is 642 g/mol. The molecule has 4 heterocycles. The molecule has 1 amide bonds. The summed E-state index contributed by atoms with van der Waals surface area (Å²) in [5, 5.41) is 22.1. The van der Waals surface area contributed by atoms with Gasteiger partial charge in [0, 0.05) is 62.2 Å². The Bertz CT molecular complexity index is 1550. The van der Waals surface area contributed by atoms with Gasteiger partial charge in [-0.25, -0.2) is 8.78 Å². The second kappa shape index (κ2) is 14.9. The number of likely N-dealkylation sites (tertiary alicyclic amines) is 1. The highest BCUT2D eigenvalue weighted by Gasteiger charge is 2.27. The number of carbonyl (C=O) groups excluding carboxylic acids is 1. The number of morpholine rings is 1. The van der Waals surface area contributed by atoms with Gasteiger partial charge < -0.3 is 39.4 Å². The number of nitrogens with one attached hydrogen (secondary N) is 1. The van der Waals surface area contributed by atoms with Crippen molar-refractivity contribution >= 4 is 28.4 Å². The molecule has 12 heteroatoms. The first kappa shape index (κ1) is 33.8. The van der Waals surface area contributed by atoms with Crippen LogP contribution in [0.15, 0.2) is 45.6 Å². The Morgan fingerprint density at radius 1 is 0.978 bits per heavy atom. The Morgan fingerprint density at radius 3 is 2.24 bits per heavy atom. The van der Waals surface area contributed by atoms with Gasteiger partial charge in [0.15, 0.2) is 11.3 Å². The molecule has 1 unspecified atom stereocenters. The fraction of sp³-hybridized carbons (Fsp3) is 0.529. The molecule has 0 spiro atoms. The van der Waals surface area contributed by atoms with Crippen LogP contribution < -0.4 is 20.5 Å². The molecule has 3 N–H and O–H groups in total. The van der Waals surface area contributed by atoms with Crippen molar-refractivity contribution < 1.29 is 32.9 Å². The second-order valence-corrected chi connectivity index (χ2v) is 12.4. The van der Waals surface area contributed by atoms with Crippen LogP contribution in [0.2, 0.25) is 0 Å². The van der Waals surface area contributed by atoms with Crippen LogP contribution in [0.5, 0.6) is 0 Å². The van der Waals surface area contributed by atoms with Crippen molar-refractivity contribution in [2.24, 2.45) is 0 Å². The minimum absolute atomic E-state index is 0.0266.